The highest BCUT2D eigenvalue weighted by molar-refractivity contribution is 8.00. The third-order valence-corrected chi connectivity index (χ3v) is 4.15. The summed E-state index contributed by atoms with van der Waals surface area (Å²) in [7, 11) is 0. The number of fused-ring (bicyclic) bond motifs is 1. The molecule has 0 spiro atoms. The van der Waals surface area contributed by atoms with Gasteiger partial charge in [0.25, 0.3) is 0 Å². The average Bonchev–Trinajstić information content (AvgIpc) is 2.93. The maximum absolute atomic E-state index is 11.2. The number of benzene rings is 1. The second-order valence-electron chi connectivity index (χ2n) is 4.47. The van der Waals surface area contributed by atoms with E-state index in [1.54, 1.807) is 17.8 Å². The smallest absolute Gasteiger partial charge is 0.230 e. The summed E-state index contributed by atoms with van der Waals surface area (Å²) in [4.78, 5) is 19.7. The van der Waals surface area contributed by atoms with Gasteiger partial charge in [-0.3, -0.25) is 4.79 Å². The molecule has 3 aromatic rings. The Labute approximate surface area is 125 Å². The Balaban J connectivity index is 2.06. The van der Waals surface area contributed by atoms with Crippen molar-refractivity contribution in [3.05, 3.63) is 42.9 Å². The molecule has 0 aliphatic carbocycles. The monoisotopic (exact) mass is 299 g/mol. The summed E-state index contributed by atoms with van der Waals surface area (Å²) < 4.78 is 1.75. The topological polar surface area (TPSA) is 86.7 Å². The number of aromatic nitrogens is 4. The van der Waals surface area contributed by atoms with Gasteiger partial charge in [0.15, 0.2) is 5.65 Å². The Morgan fingerprint density at radius 2 is 2.05 bits per heavy atom. The van der Waals surface area contributed by atoms with Gasteiger partial charge in [-0.2, -0.15) is 5.10 Å². The zero-order chi connectivity index (χ0) is 14.8. The van der Waals surface area contributed by atoms with Gasteiger partial charge < -0.3 is 5.73 Å². The lowest BCUT2D eigenvalue weighted by Crippen LogP contribution is -2.22. The van der Waals surface area contributed by atoms with Crippen molar-refractivity contribution in [3.8, 4) is 5.69 Å². The molecule has 0 aliphatic rings. The first-order valence-electron chi connectivity index (χ1n) is 6.37. The van der Waals surface area contributed by atoms with E-state index < -0.39 is 0 Å². The molecule has 2 N–H and O–H groups in total. The molecule has 2 heterocycles. The Morgan fingerprint density at radius 3 is 2.76 bits per heavy atom. The number of hydrogen-bond acceptors (Lipinski definition) is 5. The molecule has 0 unspecified atom stereocenters. The normalized spacial score (nSPS) is 12.4. The van der Waals surface area contributed by atoms with Gasteiger partial charge in [-0.25, -0.2) is 14.6 Å². The average molecular weight is 299 g/mol. The Kier molecular flexibility index (Phi) is 3.57. The molecule has 0 bridgehead atoms. The van der Waals surface area contributed by atoms with Crippen LogP contribution in [0.15, 0.2) is 47.9 Å². The lowest BCUT2D eigenvalue weighted by atomic mass is 10.3. The van der Waals surface area contributed by atoms with Crippen molar-refractivity contribution in [2.45, 2.75) is 17.2 Å². The highest BCUT2D eigenvalue weighted by Crippen LogP contribution is 2.28. The number of rotatable bonds is 4. The maximum atomic E-state index is 11.2. The van der Waals surface area contributed by atoms with Crippen LogP contribution in [0.1, 0.15) is 6.92 Å². The number of hydrogen-bond donors (Lipinski definition) is 1. The van der Waals surface area contributed by atoms with Crippen LogP contribution < -0.4 is 5.73 Å². The first kappa shape index (κ1) is 13.6. The van der Waals surface area contributed by atoms with E-state index in [1.165, 1.54) is 18.1 Å². The summed E-state index contributed by atoms with van der Waals surface area (Å²) in [6, 6.07) is 9.73. The zero-order valence-electron chi connectivity index (χ0n) is 11.3. The van der Waals surface area contributed by atoms with Crippen molar-refractivity contribution in [2.24, 2.45) is 5.73 Å². The molecule has 0 aliphatic heterocycles. The third-order valence-electron chi connectivity index (χ3n) is 3.02. The lowest BCUT2D eigenvalue weighted by molar-refractivity contribution is -0.117. The molecule has 1 aromatic carbocycles. The van der Waals surface area contributed by atoms with Gasteiger partial charge in [-0.1, -0.05) is 30.0 Å². The van der Waals surface area contributed by atoms with Crippen LogP contribution >= 0.6 is 11.8 Å². The van der Waals surface area contributed by atoms with Gasteiger partial charge in [-0.05, 0) is 19.1 Å². The number of carbonyl (C=O) groups excluding carboxylic acids is 1. The number of nitrogens with two attached hydrogens (primary N) is 1. The van der Waals surface area contributed by atoms with Gasteiger partial charge in [0.05, 0.1) is 22.5 Å². The van der Waals surface area contributed by atoms with E-state index in [0.717, 1.165) is 11.1 Å². The van der Waals surface area contributed by atoms with Crippen LogP contribution in [0.25, 0.3) is 16.7 Å². The molecule has 2 aromatic heterocycles. The summed E-state index contributed by atoms with van der Waals surface area (Å²) in [6.45, 7) is 1.75. The van der Waals surface area contributed by atoms with E-state index in [-0.39, 0.29) is 11.2 Å². The molecule has 21 heavy (non-hydrogen) atoms. The predicted molar refractivity (Wildman–Crippen MR) is 81.2 cm³/mol. The highest BCUT2D eigenvalue weighted by atomic mass is 32.2. The maximum Gasteiger partial charge on any atom is 0.230 e. The minimum absolute atomic E-state index is 0.358. The van der Waals surface area contributed by atoms with Crippen molar-refractivity contribution >= 4 is 28.7 Å². The first-order chi connectivity index (χ1) is 10.2. The largest absolute Gasteiger partial charge is 0.369 e. The van der Waals surface area contributed by atoms with Crippen molar-refractivity contribution in [2.75, 3.05) is 0 Å². The van der Waals surface area contributed by atoms with Crippen LogP contribution in [0.3, 0.4) is 0 Å². The van der Waals surface area contributed by atoms with Crippen molar-refractivity contribution in [1.82, 2.24) is 19.7 Å². The van der Waals surface area contributed by atoms with Crippen molar-refractivity contribution in [3.63, 3.8) is 0 Å². The molecule has 0 fully saturated rings. The Bertz CT molecular complexity index is 786. The van der Waals surface area contributed by atoms with Crippen LogP contribution in [-0.4, -0.2) is 30.9 Å². The predicted octanol–water partition coefficient (Wildman–Crippen LogP) is 1.78. The number of nitrogens with zero attached hydrogens (tertiary/aromatic N) is 4. The minimum Gasteiger partial charge on any atom is -0.369 e. The van der Waals surface area contributed by atoms with Gasteiger partial charge in [-0.15, -0.1) is 0 Å². The van der Waals surface area contributed by atoms with E-state index in [4.69, 9.17) is 5.73 Å². The summed E-state index contributed by atoms with van der Waals surface area (Å²) >= 11 is 1.31. The van der Waals surface area contributed by atoms with Crippen LogP contribution in [0.5, 0.6) is 0 Å². The highest BCUT2D eigenvalue weighted by Gasteiger charge is 2.16. The van der Waals surface area contributed by atoms with Crippen molar-refractivity contribution < 1.29 is 4.79 Å². The molecule has 6 nitrogen and oxygen atoms in total. The van der Waals surface area contributed by atoms with Crippen LogP contribution in [-0.2, 0) is 4.79 Å². The molecule has 106 valence electrons. The van der Waals surface area contributed by atoms with E-state index in [0.29, 0.717) is 10.7 Å². The lowest BCUT2D eigenvalue weighted by Gasteiger charge is -2.07. The second kappa shape index (κ2) is 5.53. The van der Waals surface area contributed by atoms with E-state index >= 15 is 0 Å². The molecular weight excluding hydrogens is 286 g/mol. The number of amides is 1. The Hall–Kier alpha value is -2.41. The van der Waals surface area contributed by atoms with Crippen LogP contribution in [0.4, 0.5) is 0 Å². The number of thioether (sulfide) groups is 1. The molecule has 0 saturated carbocycles. The van der Waals surface area contributed by atoms with Crippen LogP contribution in [0.2, 0.25) is 0 Å². The van der Waals surface area contributed by atoms with Gasteiger partial charge in [0.2, 0.25) is 5.91 Å². The molecule has 3 rings (SSSR count). The first-order valence-corrected chi connectivity index (χ1v) is 7.25. The fourth-order valence-corrected chi connectivity index (χ4v) is 2.73. The van der Waals surface area contributed by atoms with Gasteiger partial charge >= 0.3 is 0 Å². The quantitative estimate of drug-likeness (QED) is 0.586. The van der Waals surface area contributed by atoms with E-state index in [9.17, 15) is 4.79 Å². The van der Waals surface area contributed by atoms with Crippen LogP contribution in [0, 0.1) is 0 Å². The van der Waals surface area contributed by atoms with Gasteiger partial charge in [0, 0.05) is 0 Å². The fraction of sp³-hybridized carbons (Fsp3) is 0.143. The van der Waals surface area contributed by atoms with E-state index in [2.05, 4.69) is 15.1 Å². The second-order valence-corrected chi connectivity index (χ2v) is 5.80. The summed E-state index contributed by atoms with van der Waals surface area (Å²) in [5.41, 5.74) is 6.93. The number of primary amides is 1. The molecular formula is C14H13N5OS. The summed E-state index contributed by atoms with van der Waals surface area (Å²) in [6.07, 6.45) is 3.18. The van der Waals surface area contributed by atoms with Gasteiger partial charge in [0.1, 0.15) is 11.4 Å². The number of carbonyl (C=O) groups is 1. The molecule has 0 radical (unpaired) electrons. The third kappa shape index (κ3) is 2.59. The molecule has 1 atom stereocenters. The standard InChI is InChI=1S/C14H13N5OS/c1-9(12(15)20)21-14-11-7-18-19(13(11)16-8-17-14)10-5-3-2-4-6-10/h2-9H,1H3,(H2,15,20)/t9-/m1/s1. The summed E-state index contributed by atoms with van der Waals surface area (Å²) in [5, 5.41) is 5.51. The minimum atomic E-state index is -0.373. The molecule has 0 saturated heterocycles. The number of para-hydroxylation sites is 1. The van der Waals surface area contributed by atoms with E-state index in [1.807, 2.05) is 30.3 Å². The zero-order valence-corrected chi connectivity index (χ0v) is 12.1. The fourth-order valence-electron chi connectivity index (χ4n) is 1.90. The SMILES string of the molecule is C[C@@H](Sc1ncnc2c1cnn2-c1ccccc1)C(N)=O. The molecule has 7 heteroatoms. The summed E-state index contributed by atoms with van der Waals surface area (Å²) in [5.74, 6) is -0.373. The Morgan fingerprint density at radius 1 is 1.29 bits per heavy atom. The van der Waals surface area contributed by atoms with Crippen molar-refractivity contribution in [1.29, 1.82) is 0 Å². The molecule has 1 amide bonds.